The zero-order chi connectivity index (χ0) is 15.5. The molecule has 0 aromatic heterocycles. The zero-order valence-electron chi connectivity index (χ0n) is 12.5. The van der Waals surface area contributed by atoms with E-state index in [1.807, 2.05) is 6.92 Å². The topological polar surface area (TPSA) is 76.7 Å². The van der Waals surface area contributed by atoms with Crippen molar-refractivity contribution in [1.29, 1.82) is 0 Å². The molecular formula is C15H22N2O4. The Morgan fingerprint density at radius 1 is 1.14 bits per heavy atom. The number of nitrogens with one attached hydrogen (secondary N) is 2. The Balaban J connectivity index is 2.26. The van der Waals surface area contributed by atoms with Gasteiger partial charge in [0.15, 0.2) is 0 Å². The molecule has 0 heterocycles. The van der Waals surface area contributed by atoms with Gasteiger partial charge < -0.3 is 20.1 Å². The van der Waals surface area contributed by atoms with Gasteiger partial charge in [-0.25, -0.2) is 4.79 Å². The second-order valence-electron chi connectivity index (χ2n) is 4.37. The molecule has 2 amide bonds. The first-order chi connectivity index (χ1) is 10.2. The maximum absolute atomic E-state index is 11.9. The van der Waals surface area contributed by atoms with E-state index in [1.165, 1.54) is 7.11 Å². The van der Waals surface area contributed by atoms with Gasteiger partial charge in [-0.2, -0.15) is 0 Å². The Kier molecular flexibility index (Phi) is 7.71. The minimum absolute atomic E-state index is 0.242. The highest BCUT2D eigenvalue weighted by Gasteiger charge is 2.10. The van der Waals surface area contributed by atoms with Crippen LogP contribution in [0.15, 0.2) is 24.3 Å². The summed E-state index contributed by atoms with van der Waals surface area (Å²) in [6, 6.07) is 6.96. The highest BCUT2D eigenvalue weighted by molar-refractivity contribution is 5.96. The lowest BCUT2D eigenvalue weighted by Crippen LogP contribution is -2.35. The normalized spacial score (nSPS) is 9.81. The van der Waals surface area contributed by atoms with E-state index in [-0.39, 0.29) is 5.91 Å². The lowest BCUT2D eigenvalue weighted by atomic mass is 10.2. The monoisotopic (exact) mass is 294 g/mol. The molecule has 21 heavy (non-hydrogen) atoms. The van der Waals surface area contributed by atoms with Gasteiger partial charge in [0.05, 0.1) is 19.3 Å². The largest absolute Gasteiger partial charge is 0.496 e. The Morgan fingerprint density at radius 2 is 1.86 bits per heavy atom. The van der Waals surface area contributed by atoms with Crippen molar-refractivity contribution in [2.75, 3.05) is 26.8 Å². The van der Waals surface area contributed by atoms with Crippen molar-refractivity contribution in [3.8, 4) is 5.75 Å². The molecule has 116 valence electrons. The van der Waals surface area contributed by atoms with Crippen LogP contribution in [0.25, 0.3) is 0 Å². The number of ether oxygens (including phenoxy) is 2. The second kappa shape index (κ2) is 9.63. The molecule has 0 bridgehead atoms. The molecule has 0 spiro atoms. The van der Waals surface area contributed by atoms with Crippen LogP contribution >= 0.6 is 0 Å². The summed E-state index contributed by atoms with van der Waals surface area (Å²) in [5.41, 5.74) is 0.463. The summed E-state index contributed by atoms with van der Waals surface area (Å²) in [6.45, 7) is 3.07. The van der Waals surface area contributed by atoms with E-state index < -0.39 is 6.09 Å². The molecule has 0 saturated carbocycles. The molecule has 1 aromatic rings. The predicted octanol–water partition coefficient (Wildman–Crippen LogP) is 1.95. The molecule has 0 fully saturated rings. The van der Waals surface area contributed by atoms with Gasteiger partial charge in [-0.15, -0.1) is 0 Å². The number of benzene rings is 1. The van der Waals surface area contributed by atoms with Crippen molar-refractivity contribution in [2.24, 2.45) is 0 Å². The summed E-state index contributed by atoms with van der Waals surface area (Å²) in [5.74, 6) is 0.274. The van der Waals surface area contributed by atoms with Crippen molar-refractivity contribution in [2.45, 2.75) is 19.8 Å². The minimum Gasteiger partial charge on any atom is -0.496 e. The van der Waals surface area contributed by atoms with Gasteiger partial charge >= 0.3 is 6.09 Å². The fraction of sp³-hybridized carbons (Fsp3) is 0.467. The second-order valence-corrected chi connectivity index (χ2v) is 4.37. The van der Waals surface area contributed by atoms with Crippen molar-refractivity contribution >= 4 is 12.0 Å². The van der Waals surface area contributed by atoms with E-state index in [0.717, 1.165) is 12.8 Å². The molecule has 2 N–H and O–H groups in total. The van der Waals surface area contributed by atoms with Crippen molar-refractivity contribution < 1.29 is 19.1 Å². The van der Waals surface area contributed by atoms with Gasteiger partial charge in [-0.1, -0.05) is 25.5 Å². The van der Waals surface area contributed by atoms with Crippen molar-refractivity contribution in [1.82, 2.24) is 10.6 Å². The third-order valence-electron chi connectivity index (χ3n) is 2.76. The van der Waals surface area contributed by atoms with Gasteiger partial charge in [-0.05, 0) is 18.6 Å². The highest BCUT2D eigenvalue weighted by atomic mass is 16.5. The number of hydrogen-bond donors (Lipinski definition) is 2. The minimum atomic E-state index is -0.463. The van der Waals surface area contributed by atoms with E-state index in [4.69, 9.17) is 9.47 Å². The van der Waals surface area contributed by atoms with Gasteiger partial charge in [0.25, 0.3) is 5.91 Å². The number of alkyl carbamates (subject to hydrolysis) is 1. The van der Waals surface area contributed by atoms with E-state index >= 15 is 0 Å². The number of para-hydroxylation sites is 1. The molecule has 0 saturated heterocycles. The van der Waals surface area contributed by atoms with Crippen molar-refractivity contribution in [3.05, 3.63) is 29.8 Å². The van der Waals surface area contributed by atoms with Crippen LogP contribution < -0.4 is 15.4 Å². The van der Waals surface area contributed by atoms with Gasteiger partial charge in [0.2, 0.25) is 0 Å². The lowest BCUT2D eigenvalue weighted by Gasteiger charge is -2.10. The number of unbranched alkanes of at least 4 members (excludes halogenated alkanes) is 1. The maximum atomic E-state index is 11.9. The smallest absolute Gasteiger partial charge is 0.407 e. The Bertz CT molecular complexity index is 463. The van der Waals surface area contributed by atoms with E-state index in [1.54, 1.807) is 24.3 Å². The predicted molar refractivity (Wildman–Crippen MR) is 79.6 cm³/mol. The number of hydrogen-bond acceptors (Lipinski definition) is 4. The molecule has 0 aliphatic heterocycles. The average Bonchev–Trinajstić information content (AvgIpc) is 2.51. The summed E-state index contributed by atoms with van der Waals surface area (Å²) in [6.07, 6.45) is 1.36. The third-order valence-corrected chi connectivity index (χ3v) is 2.76. The maximum Gasteiger partial charge on any atom is 0.407 e. The molecule has 1 aromatic carbocycles. The van der Waals surface area contributed by atoms with Crippen LogP contribution in [0, 0.1) is 0 Å². The third kappa shape index (κ3) is 6.16. The van der Waals surface area contributed by atoms with E-state index in [0.29, 0.717) is 31.0 Å². The van der Waals surface area contributed by atoms with Crippen LogP contribution in [0.3, 0.4) is 0 Å². The summed E-state index contributed by atoms with van der Waals surface area (Å²) < 4.78 is 10.0. The number of carbonyl (C=O) groups is 2. The number of rotatable bonds is 8. The first kappa shape index (κ1) is 16.8. The van der Waals surface area contributed by atoms with Crippen LogP contribution in [-0.4, -0.2) is 38.8 Å². The van der Waals surface area contributed by atoms with Gasteiger partial charge in [0, 0.05) is 13.1 Å². The Morgan fingerprint density at radius 3 is 2.57 bits per heavy atom. The van der Waals surface area contributed by atoms with Gasteiger partial charge in [-0.3, -0.25) is 4.79 Å². The van der Waals surface area contributed by atoms with Crippen LogP contribution in [-0.2, 0) is 4.74 Å². The number of carbonyl (C=O) groups excluding carboxylic acids is 2. The van der Waals surface area contributed by atoms with Crippen molar-refractivity contribution in [3.63, 3.8) is 0 Å². The zero-order valence-corrected chi connectivity index (χ0v) is 12.5. The molecule has 0 atom stereocenters. The Labute approximate surface area is 124 Å². The Hall–Kier alpha value is -2.24. The molecule has 6 nitrogen and oxygen atoms in total. The molecule has 0 aliphatic carbocycles. The van der Waals surface area contributed by atoms with Crippen LogP contribution in [0.2, 0.25) is 0 Å². The number of methoxy groups -OCH3 is 1. The fourth-order valence-corrected chi connectivity index (χ4v) is 1.63. The average molecular weight is 294 g/mol. The first-order valence-electron chi connectivity index (χ1n) is 7.00. The van der Waals surface area contributed by atoms with E-state index in [9.17, 15) is 9.59 Å². The van der Waals surface area contributed by atoms with Crippen LogP contribution in [0.1, 0.15) is 30.1 Å². The summed E-state index contributed by atoms with van der Waals surface area (Å²) in [5, 5.41) is 5.28. The molecule has 6 heteroatoms. The highest BCUT2D eigenvalue weighted by Crippen LogP contribution is 2.16. The number of amides is 2. The summed E-state index contributed by atoms with van der Waals surface area (Å²) >= 11 is 0. The standard InChI is InChI=1S/C15H22N2O4/c1-3-4-11-21-15(19)17-10-9-16-14(18)12-7-5-6-8-13(12)20-2/h5-8H,3-4,9-11H2,1-2H3,(H,16,18)(H,17,19). The molecule has 0 unspecified atom stereocenters. The SMILES string of the molecule is CCCCOC(=O)NCCNC(=O)c1ccccc1OC. The van der Waals surface area contributed by atoms with Crippen LogP contribution in [0.5, 0.6) is 5.75 Å². The quantitative estimate of drug-likeness (QED) is 0.718. The first-order valence-corrected chi connectivity index (χ1v) is 7.00. The van der Waals surface area contributed by atoms with Crippen LogP contribution in [0.4, 0.5) is 4.79 Å². The molecular weight excluding hydrogens is 272 g/mol. The molecule has 1 rings (SSSR count). The molecule has 0 radical (unpaired) electrons. The van der Waals surface area contributed by atoms with E-state index in [2.05, 4.69) is 10.6 Å². The van der Waals surface area contributed by atoms with Gasteiger partial charge in [0.1, 0.15) is 5.75 Å². The lowest BCUT2D eigenvalue weighted by molar-refractivity contribution is 0.0949. The summed E-state index contributed by atoms with van der Waals surface area (Å²) in [7, 11) is 1.51. The summed E-state index contributed by atoms with van der Waals surface area (Å²) in [4.78, 5) is 23.2. The fourth-order valence-electron chi connectivity index (χ4n) is 1.63. The molecule has 0 aliphatic rings.